The van der Waals surface area contributed by atoms with Crippen LogP contribution in [-0.2, 0) is 13.2 Å². The van der Waals surface area contributed by atoms with Gasteiger partial charge in [0.1, 0.15) is 5.82 Å². The van der Waals surface area contributed by atoms with Crippen LogP contribution < -0.4 is 5.56 Å². The first-order chi connectivity index (χ1) is 10.1. The molecule has 0 aliphatic heterocycles. The van der Waals surface area contributed by atoms with Gasteiger partial charge in [-0.3, -0.25) is 4.79 Å². The number of pyridine rings is 1. The predicted molar refractivity (Wildman–Crippen MR) is 97.9 cm³/mol. The van der Waals surface area contributed by atoms with Crippen molar-refractivity contribution in [2.75, 3.05) is 0 Å². The standard InChI is InChI=1S/C15H12FI2NO2/c16-14-12(9-20)3-2-11(15(14)18)8-19-7-10(5-6-17)1-4-13(19)21/h1-7,20H,8-9H2. The third-order valence-corrected chi connectivity index (χ3v) is 4.54. The molecule has 1 aromatic carbocycles. The fraction of sp³-hybridized carbons (Fsp3) is 0.133. The summed E-state index contributed by atoms with van der Waals surface area (Å²) in [5.41, 5.74) is 1.75. The highest BCUT2D eigenvalue weighted by Crippen LogP contribution is 2.21. The van der Waals surface area contributed by atoms with Crippen LogP contribution in [0, 0.1) is 9.39 Å². The molecule has 21 heavy (non-hydrogen) atoms. The summed E-state index contributed by atoms with van der Waals surface area (Å²) >= 11 is 4.01. The van der Waals surface area contributed by atoms with Crippen LogP contribution in [0.15, 0.2) is 39.3 Å². The number of rotatable bonds is 4. The van der Waals surface area contributed by atoms with Crippen molar-refractivity contribution >= 4 is 51.3 Å². The minimum atomic E-state index is -0.424. The van der Waals surface area contributed by atoms with Crippen LogP contribution >= 0.6 is 45.2 Å². The van der Waals surface area contributed by atoms with Crippen LogP contribution in [0.1, 0.15) is 16.7 Å². The number of hydrogen-bond donors (Lipinski definition) is 1. The zero-order valence-corrected chi connectivity index (χ0v) is 15.2. The first-order valence-corrected chi connectivity index (χ1v) is 8.43. The van der Waals surface area contributed by atoms with Gasteiger partial charge in [0, 0.05) is 17.8 Å². The lowest BCUT2D eigenvalue weighted by Crippen LogP contribution is -2.20. The van der Waals surface area contributed by atoms with Crippen molar-refractivity contribution in [1.82, 2.24) is 4.57 Å². The Balaban J connectivity index is 2.41. The normalized spacial score (nSPS) is 11.2. The summed E-state index contributed by atoms with van der Waals surface area (Å²) in [7, 11) is 0. The van der Waals surface area contributed by atoms with Gasteiger partial charge in [-0.15, -0.1) is 0 Å². The summed E-state index contributed by atoms with van der Waals surface area (Å²) < 4.78 is 17.8. The second-order valence-electron chi connectivity index (χ2n) is 4.39. The molecular formula is C15H12FI2NO2. The molecule has 1 heterocycles. The number of hydrogen-bond acceptors (Lipinski definition) is 2. The van der Waals surface area contributed by atoms with E-state index in [0.29, 0.717) is 15.7 Å². The van der Waals surface area contributed by atoms with Crippen LogP contribution in [0.3, 0.4) is 0 Å². The zero-order chi connectivity index (χ0) is 15.4. The highest BCUT2D eigenvalue weighted by atomic mass is 127. The zero-order valence-electron chi connectivity index (χ0n) is 10.9. The van der Waals surface area contributed by atoms with Crippen molar-refractivity contribution < 1.29 is 9.50 Å². The van der Waals surface area contributed by atoms with Crippen LogP contribution in [0.5, 0.6) is 0 Å². The van der Waals surface area contributed by atoms with Gasteiger partial charge in [-0.05, 0) is 49.9 Å². The molecule has 1 N–H and O–H groups in total. The molecule has 0 amide bonds. The monoisotopic (exact) mass is 511 g/mol. The molecule has 0 unspecified atom stereocenters. The van der Waals surface area contributed by atoms with Crippen molar-refractivity contribution in [3.8, 4) is 0 Å². The summed E-state index contributed by atoms with van der Waals surface area (Å²) in [5.74, 6) is -0.424. The molecule has 0 radical (unpaired) electrons. The van der Waals surface area contributed by atoms with E-state index in [1.165, 1.54) is 6.07 Å². The maximum absolute atomic E-state index is 14.0. The first kappa shape index (κ1) is 16.6. The Bertz CT molecular complexity index is 741. The van der Waals surface area contributed by atoms with Crippen LogP contribution in [-0.4, -0.2) is 9.67 Å². The lowest BCUT2D eigenvalue weighted by molar-refractivity contribution is 0.275. The summed E-state index contributed by atoms with van der Waals surface area (Å²) in [6.07, 6.45) is 3.63. The van der Waals surface area contributed by atoms with E-state index >= 15 is 0 Å². The lowest BCUT2D eigenvalue weighted by atomic mass is 10.1. The quantitative estimate of drug-likeness (QED) is 0.639. The van der Waals surface area contributed by atoms with E-state index in [1.807, 2.05) is 32.7 Å². The van der Waals surface area contributed by atoms with E-state index in [2.05, 4.69) is 22.6 Å². The van der Waals surface area contributed by atoms with Gasteiger partial charge in [-0.1, -0.05) is 34.7 Å². The fourth-order valence-corrected chi connectivity index (χ4v) is 3.01. The largest absolute Gasteiger partial charge is 0.392 e. The Morgan fingerprint density at radius 2 is 1.95 bits per heavy atom. The molecule has 0 atom stereocenters. The number of halogens is 3. The van der Waals surface area contributed by atoms with Gasteiger partial charge < -0.3 is 9.67 Å². The van der Waals surface area contributed by atoms with Gasteiger partial charge in [0.15, 0.2) is 0 Å². The highest BCUT2D eigenvalue weighted by molar-refractivity contribution is 14.1. The van der Waals surface area contributed by atoms with Gasteiger partial charge in [-0.2, -0.15) is 0 Å². The summed E-state index contributed by atoms with van der Waals surface area (Å²) in [6.45, 7) is -0.0410. The maximum atomic E-state index is 14.0. The minimum absolute atomic E-state index is 0.136. The van der Waals surface area contributed by atoms with Crippen molar-refractivity contribution in [2.24, 2.45) is 0 Å². The second-order valence-corrected chi connectivity index (χ2v) is 6.19. The molecule has 6 heteroatoms. The Hall–Kier alpha value is -0.740. The molecule has 0 saturated heterocycles. The van der Waals surface area contributed by atoms with Gasteiger partial charge in [0.25, 0.3) is 5.56 Å². The van der Waals surface area contributed by atoms with Crippen LogP contribution in [0.2, 0.25) is 0 Å². The Labute approximate surface area is 148 Å². The smallest absolute Gasteiger partial charge is 0.250 e. The number of aromatic nitrogens is 1. The molecule has 2 aromatic rings. The number of aliphatic hydroxyl groups excluding tert-OH is 1. The average Bonchev–Trinajstić information content (AvgIpc) is 2.48. The van der Waals surface area contributed by atoms with Crippen molar-refractivity contribution in [3.05, 3.63) is 71.0 Å². The third kappa shape index (κ3) is 3.92. The van der Waals surface area contributed by atoms with E-state index in [-0.39, 0.29) is 17.7 Å². The Morgan fingerprint density at radius 1 is 1.24 bits per heavy atom. The van der Waals surface area contributed by atoms with Crippen molar-refractivity contribution in [2.45, 2.75) is 13.2 Å². The van der Waals surface area contributed by atoms with Gasteiger partial charge in [0.05, 0.1) is 16.7 Å². The number of aliphatic hydroxyl groups is 1. The Kier molecular flexibility index (Phi) is 5.94. The number of benzene rings is 1. The summed E-state index contributed by atoms with van der Waals surface area (Å²) in [5, 5.41) is 9.06. The highest BCUT2D eigenvalue weighted by Gasteiger charge is 2.11. The van der Waals surface area contributed by atoms with E-state index in [9.17, 15) is 9.18 Å². The molecular weight excluding hydrogens is 499 g/mol. The van der Waals surface area contributed by atoms with E-state index in [4.69, 9.17) is 5.11 Å². The molecule has 0 aliphatic rings. The maximum Gasteiger partial charge on any atom is 0.250 e. The van der Waals surface area contributed by atoms with E-state index < -0.39 is 5.82 Å². The van der Waals surface area contributed by atoms with Crippen molar-refractivity contribution in [3.63, 3.8) is 0 Å². The van der Waals surface area contributed by atoms with Gasteiger partial charge in [0.2, 0.25) is 0 Å². The molecule has 110 valence electrons. The summed E-state index contributed by atoms with van der Waals surface area (Å²) in [6, 6.07) is 6.53. The molecule has 2 rings (SSSR count). The second kappa shape index (κ2) is 7.50. The van der Waals surface area contributed by atoms with Gasteiger partial charge in [-0.25, -0.2) is 4.39 Å². The summed E-state index contributed by atoms with van der Waals surface area (Å²) in [4.78, 5) is 11.9. The average molecular weight is 511 g/mol. The van der Waals surface area contributed by atoms with E-state index in [1.54, 1.807) is 29.0 Å². The van der Waals surface area contributed by atoms with Crippen LogP contribution in [0.4, 0.5) is 4.39 Å². The van der Waals surface area contributed by atoms with E-state index in [0.717, 1.165) is 5.56 Å². The first-order valence-electron chi connectivity index (χ1n) is 6.10. The lowest BCUT2D eigenvalue weighted by Gasteiger charge is -2.11. The fourth-order valence-electron chi connectivity index (χ4n) is 1.90. The minimum Gasteiger partial charge on any atom is -0.392 e. The Morgan fingerprint density at radius 3 is 2.62 bits per heavy atom. The third-order valence-electron chi connectivity index (χ3n) is 3.02. The topological polar surface area (TPSA) is 42.2 Å². The predicted octanol–water partition coefficient (Wildman–Crippen LogP) is 3.54. The van der Waals surface area contributed by atoms with Crippen LogP contribution in [0.25, 0.3) is 6.08 Å². The number of nitrogens with zero attached hydrogens (tertiary/aromatic N) is 1. The molecule has 1 aromatic heterocycles. The molecule has 0 bridgehead atoms. The molecule has 0 spiro atoms. The molecule has 3 nitrogen and oxygen atoms in total. The molecule has 0 aliphatic carbocycles. The molecule has 0 saturated carbocycles. The van der Waals surface area contributed by atoms with Gasteiger partial charge >= 0.3 is 0 Å². The molecule has 0 fully saturated rings. The van der Waals surface area contributed by atoms with Crippen molar-refractivity contribution in [1.29, 1.82) is 0 Å². The SMILES string of the molecule is O=c1ccc(C=CI)cn1Cc1ccc(CO)c(F)c1I.